The van der Waals surface area contributed by atoms with Gasteiger partial charge in [0.15, 0.2) is 0 Å². The molecule has 28 heavy (non-hydrogen) atoms. The predicted octanol–water partition coefficient (Wildman–Crippen LogP) is 6.30. The van der Waals surface area contributed by atoms with Gasteiger partial charge >= 0.3 is 0 Å². The third-order valence-electron chi connectivity index (χ3n) is 6.15. The van der Waals surface area contributed by atoms with Gasteiger partial charge < -0.3 is 4.90 Å². The van der Waals surface area contributed by atoms with Crippen molar-refractivity contribution in [2.24, 2.45) is 16.8 Å². The molecule has 3 nitrogen and oxygen atoms in total. The molecule has 1 spiro atoms. The first-order chi connectivity index (χ1) is 13.3. The minimum absolute atomic E-state index is 0.0532. The Morgan fingerprint density at radius 1 is 1.29 bits per heavy atom. The predicted molar refractivity (Wildman–Crippen MR) is 118 cm³/mol. The average molecular weight is 419 g/mol. The van der Waals surface area contributed by atoms with Gasteiger partial charge in [-0.25, -0.2) is 0 Å². The van der Waals surface area contributed by atoms with E-state index in [2.05, 4.69) is 20.4 Å². The van der Waals surface area contributed by atoms with E-state index >= 15 is 0 Å². The second kappa shape index (κ2) is 8.42. The molecule has 2 aliphatic rings. The first-order valence-corrected chi connectivity index (χ1v) is 10.7. The molecule has 1 aromatic carbocycles. The van der Waals surface area contributed by atoms with Gasteiger partial charge in [0.2, 0.25) is 0 Å². The van der Waals surface area contributed by atoms with E-state index < -0.39 is 5.66 Å². The third kappa shape index (κ3) is 4.06. The topological polar surface area (TPSA) is 32.7 Å². The highest BCUT2D eigenvalue weighted by atomic mass is 35.5. The maximum Gasteiger partial charge on any atom is 0.274 e. The lowest BCUT2D eigenvalue weighted by atomic mass is 9.76. The number of amides is 1. The molecule has 1 heterocycles. The largest absolute Gasteiger partial charge is 0.308 e. The summed E-state index contributed by atoms with van der Waals surface area (Å²) in [6.07, 6.45) is 7.74. The Labute approximate surface area is 178 Å². The summed E-state index contributed by atoms with van der Waals surface area (Å²) in [5.74, 6) is 1.28. The quantitative estimate of drug-likeness (QED) is 0.516. The number of allylic oxidation sites excluding steroid dienone is 1. The van der Waals surface area contributed by atoms with Gasteiger partial charge in [0.05, 0.1) is 0 Å². The lowest BCUT2D eigenvalue weighted by Gasteiger charge is -2.42. The zero-order valence-corrected chi connectivity index (χ0v) is 18.4. The normalized spacial score (nSPS) is 25.6. The number of halogens is 2. The fourth-order valence-electron chi connectivity index (χ4n) is 4.34. The van der Waals surface area contributed by atoms with Crippen molar-refractivity contribution in [1.82, 2.24) is 4.90 Å². The molecule has 0 aromatic heterocycles. The Balaban J connectivity index is 2.00. The number of benzene rings is 1. The summed E-state index contributed by atoms with van der Waals surface area (Å²) < 4.78 is 0. The van der Waals surface area contributed by atoms with Crippen LogP contribution in [0.5, 0.6) is 0 Å². The number of nitrogens with zero attached hydrogens (tertiary/aromatic N) is 2. The molecule has 0 atom stereocenters. The van der Waals surface area contributed by atoms with Crippen molar-refractivity contribution in [2.75, 3.05) is 6.54 Å². The van der Waals surface area contributed by atoms with Crippen LogP contribution in [0.3, 0.4) is 0 Å². The molecular formula is C23H28Cl2N2O. The van der Waals surface area contributed by atoms with Gasteiger partial charge in [-0.2, -0.15) is 0 Å². The molecule has 5 heteroatoms. The van der Waals surface area contributed by atoms with Crippen molar-refractivity contribution >= 4 is 34.8 Å². The van der Waals surface area contributed by atoms with Gasteiger partial charge in [0.1, 0.15) is 11.4 Å². The Bertz CT molecular complexity index is 813. The maximum atomic E-state index is 13.4. The number of aliphatic imine (C=N–C) groups is 1. The van der Waals surface area contributed by atoms with Crippen LogP contribution in [-0.4, -0.2) is 28.7 Å². The fraction of sp³-hybridized carbons (Fsp3) is 0.478. The Kier molecular flexibility index (Phi) is 6.36. The minimum atomic E-state index is -0.482. The van der Waals surface area contributed by atoms with Crippen molar-refractivity contribution in [3.63, 3.8) is 0 Å². The molecule has 1 aliphatic carbocycles. The van der Waals surface area contributed by atoms with Gasteiger partial charge in [-0.1, -0.05) is 55.8 Å². The van der Waals surface area contributed by atoms with Crippen molar-refractivity contribution < 1.29 is 4.79 Å². The summed E-state index contributed by atoms with van der Waals surface area (Å²) in [6.45, 7) is 10.9. The zero-order valence-electron chi connectivity index (χ0n) is 16.8. The Hall–Kier alpha value is -1.58. The summed E-state index contributed by atoms with van der Waals surface area (Å²) in [6, 6.07) is 5.21. The zero-order chi connectivity index (χ0) is 20.5. The van der Waals surface area contributed by atoms with Crippen molar-refractivity contribution in [3.8, 4) is 0 Å². The van der Waals surface area contributed by atoms with Gasteiger partial charge in [-0.05, 0) is 68.2 Å². The van der Waals surface area contributed by atoms with E-state index in [0.717, 1.165) is 31.3 Å². The number of hydrogen-bond donors (Lipinski definition) is 0. The molecule has 1 saturated carbocycles. The Morgan fingerprint density at radius 3 is 2.39 bits per heavy atom. The van der Waals surface area contributed by atoms with Crippen LogP contribution in [-0.2, 0) is 4.79 Å². The molecule has 1 aromatic rings. The molecule has 1 aliphatic heterocycles. The summed E-state index contributed by atoms with van der Waals surface area (Å²) in [4.78, 5) is 20.4. The molecule has 1 fully saturated rings. The summed E-state index contributed by atoms with van der Waals surface area (Å²) in [5, 5.41) is 1.02. The van der Waals surface area contributed by atoms with Crippen molar-refractivity contribution in [3.05, 3.63) is 58.1 Å². The molecule has 0 unspecified atom stereocenters. The lowest BCUT2D eigenvalue weighted by molar-refractivity contribution is -0.128. The molecule has 1 amide bonds. The molecule has 0 saturated heterocycles. The van der Waals surface area contributed by atoms with Gasteiger partial charge in [0, 0.05) is 22.2 Å². The Morgan fingerprint density at radius 2 is 1.89 bits per heavy atom. The second-order valence-corrected chi connectivity index (χ2v) is 9.01. The lowest BCUT2D eigenvalue weighted by Crippen LogP contribution is -2.50. The number of carbonyl (C=O) groups excluding carboxylic acids is 1. The average Bonchev–Trinajstić information content (AvgIpc) is 2.91. The maximum absolute atomic E-state index is 13.4. The van der Waals surface area contributed by atoms with Crippen LogP contribution < -0.4 is 0 Å². The van der Waals surface area contributed by atoms with Gasteiger partial charge in [-0.15, -0.1) is 0 Å². The van der Waals surface area contributed by atoms with Crippen LogP contribution in [0.15, 0.2) is 47.5 Å². The third-order valence-corrected chi connectivity index (χ3v) is 6.59. The summed E-state index contributed by atoms with van der Waals surface area (Å²) >= 11 is 12.4. The highest BCUT2D eigenvalue weighted by Crippen LogP contribution is 2.44. The van der Waals surface area contributed by atoms with Crippen molar-refractivity contribution in [2.45, 2.75) is 52.1 Å². The number of rotatable bonds is 5. The second-order valence-electron chi connectivity index (χ2n) is 8.14. The van der Waals surface area contributed by atoms with E-state index in [1.54, 1.807) is 18.2 Å². The van der Waals surface area contributed by atoms with Crippen LogP contribution in [0.25, 0.3) is 0 Å². The van der Waals surface area contributed by atoms with Crippen LogP contribution in [0.2, 0.25) is 10.0 Å². The summed E-state index contributed by atoms with van der Waals surface area (Å²) in [5.41, 5.74) is 1.70. The molecule has 3 rings (SSSR count). The monoisotopic (exact) mass is 418 g/mol. The molecule has 0 bridgehead atoms. The van der Waals surface area contributed by atoms with E-state index in [0.29, 0.717) is 39.7 Å². The fourth-order valence-corrected chi connectivity index (χ4v) is 4.86. The van der Waals surface area contributed by atoms with E-state index in [1.165, 1.54) is 0 Å². The molecule has 150 valence electrons. The van der Waals surface area contributed by atoms with E-state index in [-0.39, 0.29) is 5.91 Å². The van der Waals surface area contributed by atoms with Gasteiger partial charge in [0.25, 0.3) is 5.91 Å². The van der Waals surface area contributed by atoms with E-state index in [1.807, 2.05) is 24.0 Å². The first kappa shape index (κ1) is 21.1. The minimum Gasteiger partial charge on any atom is -0.308 e. The van der Waals surface area contributed by atoms with Crippen LogP contribution >= 0.6 is 23.2 Å². The number of carbonyl (C=O) groups is 1. The van der Waals surface area contributed by atoms with Crippen LogP contribution in [0.1, 0.15) is 52.0 Å². The van der Waals surface area contributed by atoms with Crippen LogP contribution in [0.4, 0.5) is 0 Å². The first-order valence-electron chi connectivity index (χ1n) is 9.95. The smallest absolute Gasteiger partial charge is 0.274 e. The van der Waals surface area contributed by atoms with Gasteiger partial charge in [-0.3, -0.25) is 9.79 Å². The standard InChI is InChI=1S/C23H28Cl2N2O/c1-5-16(6-2)14-27-22(28)21(18-11-19(24)13-20(25)12-18)26-23(27)9-7-17(8-10-23)15(3)4/h5-6,11-13,15,17H,1,7-10,14H2,2-4H3/b16-6+. The van der Waals surface area contributed by atoms with Crippen LogP contribution in [0, 0.1) is 11.8 Å². The highest BCUT2D eigenvalue weighted by molar-refractivity contribution is 6.47. The van der Waals surface area contributed by atoms with E-state index in [9.17, 15) is 4.79 Å². The molecular weight excluding hydrogens is 391 g/mol. The molecule has 0 N–H and O–H groups in total. The van der Waals surface area contributed by atoms with E-state index in [4.69, 9.17) is 28.2 Å². The summed E-state index contributed by atoms with van der Waals surface area (Å²) in [7, 11) is 0. The number of hydrogen-bond acceptors (Lipinski definition) is 2. The highest BCUT2D eigenvalue weighted by Gasteiger charge is 2.49. The molecule has 0 radical (unpaired) electrons. The van der Waals surface area contributed by atoms with Crippen molar-refractivity contribution in [1.29, 1.82) is 0 Å². The SMILES string of the molecule is C=C/C(=C\C)CN1C(=O)C(c2cc(Cl)cc(Cl)c2)=NC12CCC(C(C)C)CC2.